The number of aromatic nitrogens is 1. The SMILES string of the molecule is Bc1cc(B)c(O)c(/C=N/c2ccccn2)c1. The van der Waals surface area contributed by atoms with E-state index in [1.54, 1.807) is 12.4 Å². The van der Waals surface area contributed by atoms with Gasteiger partial charge < -0.3 is 5.11 Å². The van der Waals surface area contributed by atoms with Crippen LogP contribution in [-0.2, 0) is 0 Å². The number of phenols is 1. The van der Waals surface area contributed by atoms with Crippen LogP contribution in [0.25, 0.3) is 0 Å². The molecule has 1 N–H and O–H groups in total. The molecule has 3 nitrogen and oxygen atoms in total. The zero-order valence-corrected chi connectivity index (χ0v) is 9.88. The van der Waals surface area contributed by atoms with Crippen LogP contribution in [0.5, 0.6) is 5.75 Å². The van der Waals surface area contributed by atoms with E-state index >= 15 is 0 Å². The number of hydrogen-bond acceptors (Lipinski definition) is 3. The molecule has 2 aromatic rings. The van der Waals surface area contributed by atoms with Gasteiger partial charge in [-0.3, -0.25) is 0 Å². The highest BCUT2D eigenvalue weighted by Gasteiger charge is 2.02. The predicted octanol–water partition coefficient (Wildman–Crippen LogP) is -0.945. The molecule has 0 spiro atoms. The number of aromatic hydroxyl groups is 1. The normalized spacial score (nSPS) is 10.8. The van der Waals surface area contributed by atoms with Gasteiger partial charge >= 0.3 is 0 Å². The molecule has 0 saturated carbocycles. The van der Waals surface area contributed by atoms with E-state index in [0.717, 1.165) is 10.9 Å². The zero-order chi connectivity index (χ0) is 12.3. The van der Waals surface area contributed by atoms with E-state index in [0.29, 0.717) is 11.4 Å². The van der Waals surface area contributed by atoms with Crippen LogP contribution in [0, 0.1) is 0 Å². The first-order chi connectivity index (χ1) is 8.16. The summed E-state index contributed by atoms with van der Waals surface area (Å²) in [5, 5.41) is 9.89. The fraction of sp³-hybridized carbons (Fsp3) is 0. The first kappa shape index (κ1) is 11.5. The number of nitrogens with zero attached hydrogens (tertiary/aromatic N) is 2. The molecule has 0 aliphatic carbocycles. The molecule has 0 fully saturated rings. The fourth-order valence-electron chi connectivity index (χ4n) is 1.66. The van der Waals surface area contributed by atoms with E-state index in [1.165, 1.54) is 0 Å². The van der Waals surface area contributed by atoms with E-state index < -0.39 is 0 Å². The van der Waals surface area contributed by atoms with Crippen LogP contribution >= 0.6 is 0 Å². The highest BCUT2D eigenvalue weighted by Crippen LogP contribution is 2.11. The molecule has 0 amide bonds. The van der Waals surface area contributed by atoms with Gasteiger partial charge in [-0.15, -0.1) is 0 Å². The van der Waals surface area contributed by atoms with Gasteiger partial charge in [-0.2, -0.15) is 0 Å². The summed E-state index contributed by atoms with van der Waals surface area (Å²) in [5.74, 6) is 0.904. The van der Waals surface area contributed by atoms with Crippen molar-refractivity contribution in [3.8, 4) is 5.75 Å². The fourth-order valence-corrected chi connectivity index (χ4v) is 1.66. The van der Waals surface area contributed by atoms with Crippen LogP contribution in [0.2, 0.25) is 0 Å². The molecule has 17 heavy (non-hydrogen) atoms. The van der Waals surface area contributed by atoms with Gasteiger partial charge in [0.15, 0.2) is 5.82 Å². The van der Waals surface area contributed by atoms with E-state index in [-0.39, 0.29) is 5.75 Å². The number of phenolic OH excluding ortho intramolecular Hbond substituents is 1. The van der Waals surface area contributed by atoms with Crippen molar-refractivity contribution in [3.05, 3.63) is 42.1 Å². The van der Waals surface area contributed by atoms with Crippen molar-refractivity contribution in [3.63, 3.8) is 0 Å². The summed E-state index contributed by atoms with van der Waals surface area (Å²) in [6, 6.07) is 9.37. The van der Waals surface area contributed by atoms with E-state index in [2.05, 4.69) is 9.98 Å². The molecule has 0 bridgehead atoms. The van der Waals surface area contributed by atoms with Crippen LogP contribution in [0.15, 0.2) is 41.5 Å². The lowest BCUT2D eigenvalue weighted by atomic mass is 9.85. The minimum atomic E-state index is 0.273. The van der Waals surface area contributed by atoms with Gasteiger partial charge in [0.2, 0.25) is 0 Å². The molecule has 0 atom stereocenters. The van der Waals surface area contributed by atoms with E-state index in [9.17, 15) is 5.11 Å². The average molecular weight is 222 g/mol. The smallest absolute Gasteiger partial charge is 0.151 e. The summed E-state index contributed by atoms with van der Waals surface area (Å²) in [7, 11) is 3.87. The van der Waals surface area contributed by atoms with Crippen molar-refractivity contribution in [2.75, 3.05) is 0 Å². The topological polar surface area (TPSA) is 45.5 Å². The minimum absolute atomic E-state index is 0.273. The third-order valence-corrected chi connectivity index (χ3v) is 2.46. The number of benzene rings is 1. The van der Waals surface area contributed by atoms with Crippen LogP contribution in [-0.4, -0.2) is 32.0 Å². The molecule has 5 heteroatoms. The number of aliphatic imine (C=N–C) groups is 1. The maximum absolute atomic E-state index is 9.89. The van der Waals surface area contributed by atoms with Gasteiger partial charge in [0.25, 0.3) is 0 Å². The van der Waals surface area contributed by atoms with Gasteiger partial charge in [0.1, 0.15) is 21.4 Å². The number of rotatable bonds is 2. The van der Waals surface area contributed by atoms with Crippen molar-refractivity contribution < 1.29 is 5.11 Å². The van der Waals surface area contributed by atoms with Crippen molar-refractivity contribution in [2.24, 2.45) is 4.99 Å². The lowest BCUT2D eigenvalue weighted by molar-refractivity contribution is 0.479. The Balaban J connectivity index is 2.33. The standard InChI is InChI=1S/C12H12B2N2O/c13-9-5-8(12(17)10(14)6-9)7-16-11-3-1-2-4-15-11/h1-7,17H,13-14H2/b16-7+. The second kappa shape index (κ2) is 4.87. The summed E-state index contributed by atoms with van der Waals surface area (Å²) >= 11 is 0. The van der Waals surface area contributed by atoms with Gasteiger partial charge in [-0.05, 0) is 17.6 Å². The van der Waals surface area contributed by atoms with Crippen LogP contribution in [0.1, 0.15) is 5.56 Å². The monoisotopic (exact) mass is 222 g/mol. The summed E-state index contributed by atoms with van der Waals surface area (Å²) < 4.78 is 0. The van der Waals surface area contributed by atoms with Gasteiger partial charge in [-0.25, -0.2) is 9.98 Å². The second-order valence-corrected chi connectivity index (χ2v) is 3.97. The molecule has 1 aromatic carbocycles. The molecule has 82 valence electrons. The summed E-state index contributed by atoms with van der Waals surface area (Å²) in [6.07, 6.45) is 3.33. The molecule has 0 unspecified atom stereocenters. The highest BCUT2D eigenvalue weighted by atomic mass is 16.3. The summed E-state index contributed by atoms with van der Waals surface area (Å²) in [5.41, 5.74) is 2.67. The quantitative estimate of drug-likeness (QED) is 0.526. The molecule has 0 aliphatic heterocycles. The Morgan fingerprint density at radius 1 is 1.24 bits per heavy atom. The molecule has 1 aromatic heterocycles. The van der Waals surface area contributed by atoms with Crippen LogP contribution in [0.4, 0.5) is 5.82 Å². The van der Waals surface area contributed by atoms with Gasteiger partial charge in [0, 0.05) is 18.0 Å². The van der Waals surface area contributed by atoms with Gasteiger partial charge in [-0.1, -0.05) is 23.7 Å². The largest absolute Gasteiger partial charge is 0.508 e. The Morgan fingerprint density at radius 2 is 2.06 bits per heavy atom. The lowest BCUT2D eigenvalue weighted by Crippen LogP contribution is -2.15. The van der Waals surface area contributed by atoms with Gasteiger partial charge in [0.05, 0.1) is 0 Å². The Morgan fingerprint density at radius 3 is 2.76 bits per heavy atom. The molecular formula is C12H12B2N2O. The second-order valence-electron chi connectivity index (χ2n) is 3.97. The average Bonchev–Trinajstić information content (AvgIpc) is 2.33. The van der Waals surface area contributed by atoms with Crippen LogP contribution < -0.4 is 10.9 Å². The predicted molar refractivity (Wildman–Crippen MR) is 76.0 cm³/mol. The third kappa shape index (κ3) is 2.75. The molecule has 2 rings (SSSR count). The first-order valence-corrected chi connectivity index (χ1v) is 5.42. The first-order valence-electron chi connectivity index (χ1n) is 5.42. The van der Waals surface area contributed by atoms with Crippen molar-refractivity contribution in [1.29, 1.82) is 0 Å². The summed E-state index contributed by atoms with van der Waals surface area (Å²) in [6.45, 7) is 0. The molecular weight excluding hydrogens is 210 g/mol. The Labute approximate surface area is 102 Å². The molecule has 0 saturated heterocycles. The van der Waals surface area contributed by atoms with Crippen molar-refractivity contribution >= 4 is 38.7 Å². The maximum Gasteiger partial charge on any atom is 0.151 e. The molecule has 0 radical (unpaired) electrons. The van der Waals surface area contributed by atoms with E-state index in [1.807, 2.05) is 46.0 Å². The van der Waals surface area contributed by atoms with Crippen molar-refractivity contribution in [2.45, 2.75) is 0 Å². The van der Waals surface area contributed by atoms with Crippen molar-refractivity contribution in [1.82, 2.24) is 4.98 Å². The highest BCUT2D eigenvalue weighted by molar-refractivity contribution is 6.39. The minimum Gasteiger partial charge on any atom is -0.508 e. The Kier molecular flexibility index (Phi) is 3.28. The lowest BCUT2D eigenvalue weighted by Gasteiger charge is -2.04. The zero-order valence-electron chi connectivity index (χ0n) is 9.88. The molecule has 1 heterocycles. The van der Waals surface area contributed by atoms with Crippen LogP contribution in [0.3, 0.4) is 0 Å². The Bertz CT molecular complexity index is 556. The number of hydrogen-bond donors (Lipinski definition) is 1. The van der Waals surface area contributed by atoms with E-state index in [4.69, 9.17) is 0 Å². The third-order valence-electron chi connectivity index (χ3n) is 2.46. The Hall–Kier alpha value is -2.03. The summed E-state index contributed by atoms with van der Waals surface area (Å²) in [4.78, 5) is 8.31. The number of pyridine rings is 1. The molecule has 0 aliphatic rings. The maximum atomic E-state index is 9.89.